The van der Waals surface area contributed by atoms with E-state index in [0.717, 1.165) is 4.90 Å². The van der Waals surface area contributed by atoms with Crippen LogP contribution in [0.3, 0.4) is 0 Å². The minimum absolute atomic E-state index is 0.0257. The maximum Gasteiger partial charge on any atom is 0.326 e. The first kappa shape index (κ1) is 11.5. The van der Waals surface area contributed by atoms with Crippen LogP contribution < -0.4 is 0 Å². The van der Waals surface area contributed by atoms with Crippen LogP contribution in [0.15, 0.2) is 6.33 Å². The summed E-state index contributed by atoms with van der Waals surface area (Å²) in [4.78, 5) is 23.9. The molecule has 1 aromatic heterocycles. The van der Waals surface area contributed by atoms with Gasteiger partial charge < -0.3 is 15.1 Å². The number of aliphatic hydroxyl groups excluding tert-OH is 1. The number of carbonyl (C=O) groups excluding carboxylic acids is 1. The molecule has 9 heteroatoms. The number of tetrazole rings is 1. The Kier molecular flexibility index (Phi) is 3.00. The highest BCUT2D eigenvalue weighted by Gasteiger charge is 2.38. The molecule has 1 aliphatic heterocycles. The highest BCUT2D eigenvalue weighted by Crippen LogP contribution is 2.18. The van der Waals surface area contributed by atoms with Gasteiger partial charge in [0.25, 0.3) is 0 Å². The Bertz CT molecular complexity index is 420. The van der Waals surface area contributed by atoms with Crippen molar-refractivity contribution in [1.82, 2.24) is 25.1 Å². The van der Waals surface area contributed by atoms with Gasteiger partial charge in [0.15, 0.2) is 0 Å². The first-order valence-corrected chi connectivity index (χ1v) is 4.99. The van der Waals surface area contributed by atoms with Gasteiger partial charge in [-0.15, -0.1) is 5.10 Å². The molecule has 17 heavy (non-hydrogen) atoms. The van der Waals surface area contributed by atoms with Crippen molar-refractivity contribution < 1.29 is 19.8 Å². The van der Waals surface area contributed by atoms with Crippen LogP contribution in [0.2, 0.25) is 0 Å². The molecule has 1 aromatic rings. The fourth-order valence-corrected chi connectivity index (χ4v) is 1.81. The van der Waals surface area contributed by atoms with Gasteiger partial charge in [0, 0.05) is 13.0 Å². The zero-order valence-corrected chi connectivity index (χ0v) is 8.80. The third kappa shape index (κ3) is 2.38. The largest absolute Gasteiger partial charge is 0.480 e. The third-order valence-electron chi connectivity index (χ3n) is 2.57. The lowest BCUT2D eigenvalue weighted by atomic mass is 10.2. The van der Waals surface area contributed by atoms with Crippen LogP contribution in [0, 0.1) is 0 Å². The van der Waals surface area contributed by atoms with E-state index in [4.69, 9.17) is 5.11 Å². The van der Waals surface area contributed by atoms with E-state index in [1.165, 1.54) is 11.0 Å². The molecule has 0 spiro atoms. The van der Waals surface area contributed by atoms with Crippen molar-refractivity contribution in [3.8, 4) is 0 Å². The Morgan fingerprint density at radius 2 is 2.24 bits per heavy atom. The molecule has 0 saturated carbocycles. The van der Waals surface area contributed by atoms with Crippen LogP contribution in [0.1, 0.15) is 6.42 Å². The number of likely N-dealkylation sites (tertiary alicyclic amines) is 1. The molecule has 1 amide bonds. The quantitative estimate of drug-likeness (QED) is 0.611. The predicted molar refractivity (Wildman–Crippen MR) is 51.6 cm³/mol. The second kappa shape index (κ2) is 4.45. The Labute approximate surface area is 95.6 Å². The second-order valence-corrected chi connectivity index (χ2v) is 3.80. The lowest BCUT2D eigenvalue weighted by Crippen LogP contribution is -2.42. The lowest BCUT2D eigenvalue weighted by Gasteiger charge is -2.20. The van der Waals surface area contributed by atoms with Crippen LogP contribution >= 0.6 is 0 Å². The number of aliphatic carboxylic acids is 1. The van der Waals surface area contributed by atoms with E-state index in [0.29, 0.717) is 0 Å². The molecule has 0 aromatic carbocycles. The van der Waals surface area contributed by atoms with Crippen molar-refractivity contribution in [2.45, 2.75) is 25.1 Å². The number of β-amino-alcohol motifs (C(OH)–C–C–N with tert-alkyl or cyclic N) is 1. The number of carbonyl (C=O) groups is 2. The van der Waals surface area contributed by atoms with Gasteiger partial charge in [0.2, 0.25) is 5.91 Å². The third-order valence-corrected chi connectivity index (χ3v) is 2.57. The van der Waals surface area contributed by atoms with Gasteiger partial charge in [-0.25, -0.2) is 9.48 Å². The summed E-state index contributed by atoms with van der Waals surface area (Å²) in [6, 6.07) is -0.978. The average molecular weight is 241 g/mol. The van der Waals surface area contributed by atoms with Crippen molar-refractivity contribution in [2.24, 2.45) is 0 Å². The first-order valence-electron chi connectivity index (χ1n) is 4.99. The number of hydrogen-bond acceptors (Lipinski definition) is 6. The second-order valence-electron chi connectivity index (χ2n) is 3.80. The average Bonchev–Trinajstić information content (AvgIpc) is 2.86. The topological polar surface area (TPSA) is 121 Å². The predicted octanol–water partition coefficient (Wildman–Crippen LogP) is -2.28. The molecule has 1 fully saturated rings. The molecular formula is C8H11N5O4. The maximum absolute atomic E-state index is 11.8. The number of aromatic nitrogens is 4. The lowest BCUT2D eigenvalue weighted by molar-refractivity contribution is -0.148. The van der Waals surface area contributed by atoms with E-state index in [1.54, 1.807) is 0 Å². The molecule has 1 saturated heterocycles. The molecule has 9 nitrogen and oxygen atoms in total. The van der Waals surface area contributed by atoms with E-state index >= 15 is 0 Å². The van der Waals surface area contributed by atoms with Crippen molar-refractivity contribution in [2.75, 3.05) is 6.54 Å². The van der Waals surface area contributed by atoms with E-state index < -0.39 is 24.0 Å². The smallest absolute Gasteiger partial charge is 0.326 e. The van der Waals surface area contributed by atoms with Gasteiger partial charge in [0.1, 0.15) is 18.9 Å². The number of nitrogens with zero attached hydrogens (tertiary/aromatic N) is 5. The standard InChI is InChI=1S/C8H11N5O4/c14-5-1-6(8(16)17)13(2-5)7(15)3-12-4-9-10-11-12/h4-6,14H,1-3H2,(H,16,17)/t5-,6-/m0/s1. The van der Waals surface area contributed by atoms with Crippen molar-refractivity contribution in [3.63, 3.8) is 0 Å². The van der Waals surface area contributed by atoms with Crippen LogP contribution in [-0.2, 0) is 16.1 Å². The van der Waals surface area contributed by atoms with Gasteiger partial charge in [-0.2, -0.15) is 0 Å². The van der Waals surface area contributed by atoms with Crippen LogP contribution in [0.25, 0.3) is 0 Å². The van der Waals surface area contributed by atoms with E-state index in [9.17, 15) is 14.7 Å². The van der Waals surface area contributed by atoms with Gasteiger partial charge in [0.05, 0.1) is 6.10 Å². The maximum atomic E-state index is 11.8. The van der Waals surface area contributed by atoms with Crippen molar-refractivity contribution in [3.05, 3.63) is 6.33 Å². The summed E-state index contributed by atoms with van der Waals surface area (Å²) in [5.41, 5.74) is 0. The monoisotopic (exact) mass is 241 g/mol. The van der Waals surface area contributed by atoms with E-state index in [2.05, 4.69) is 15.5 Å². The highest BCUT2D eigenvalue weighted by atomic mass is 16.4. The van der Waals surface area contributed by atoms with Crippen molar-refractivity contribution >= 4 is 11.9 Å². The van der Waals surface area contributed by atoms with Gasteiger partial charge in [-0.1, -0.05) is 0 Å². The van der Waals surface area contributed by atoms with Gasteiger partial charge >= 0.3 is 5.97 Å². The number of rotatable bonds is 3. The van der Waals surface area contributed by atoms with Crippen molar-refractivity contribution in [1.29, 1.82) is 0 Å². The number of carboxylic acid groups (broad SMARTS) is 1. The van der Waals surface area contributed by atoms with E-state index in [1.807, 2.05) is 0 Å². The molecule has 2 atom stereocenters. The van der Waals surface area contributed by atoms with Crippen LogP contribution in [0.5, 0.6) is 0 Å². The minimum atomic E-state index is -1.12. The molecule has 2 heterocycles. The molecule has 0 aliphatic carbocycles. The summed E-state index contributed by atoms with van der Waals surface area (Å²) in [5, 5.41) is 28.6. The summed E-state index contributed by atoms with van der Waals surface area (Å²) < 4.78 is 1.20. The molecule has 2 N–H and O–H groups in total. The minimum Gasteiger partial charge on any atom is -0.480 e. The van der Waals surface area contributed by atoms with E-state index in [-0.39, 0.29) is 19.5 Å². The van der Waals surface area contributed by atoms with Gasteiger partial charge in [-0.3, -0.25) is 4.79 Å². The molecule has 0 unspecified atom stereocenters. The number of amides is 1. The molecular weight excluding hydrogens is 230 g/mol. The summed E-state index contributed by atoms with van der Waals surface area (Å²) in [6.45, 7) is -0.110. The van der Waals surface area contributed by atoms with Crippen LogP contribution in [0.4, 0.5) is 0 Å². The van der Waals surface area contributed by atoms with Gasteiger partial charge in [-0.05, 0) is 10.4 Å². The summed E-state index contributed by atoms with van der Waals surface area (Å²) in [5.74, 6) is -1.55. The summed E-state index contributed by atoms with van der Waals surface area (Å²) in [6.07, 6.45) is 0.519. The molecule has 0 bridgehead atoms. The summed E-state index contributed by atoms with van der Waals surface area (Å²) in [7, 11) is 0. The highest BCUT2D eigenvalue weighted by molar-refractivity contribution is 5.84. The Hall–Kier alpha value is -2.03. The fourth-order valence-electron chi connectivity index (χ4n) is 1.81. The zero-order chi connectivity index (χ0) is 12.4. The SMILES string of the molecule is O=C(O)[C@@H]1C[C@H](O)CN1C(=O)Cn1cnnn1. The first-order chi connectivity index (χ1) is 8.08. The number of hydrogen-bond donors (Lipinski definition) is 2. The Balaban J connectivity index is 2.05. The molecule has 2 rings (SSSR count). The fraction of sp³-hybridized carbons (Fsp3) is 0.625. The zero-order valence-electron chi connectivity index (χ0n) is 8.80. The Morgan fingerprint density at radius 1 is 1.47 bits per heavy atom. The normalized spacial score (nSPS) is 23.9. The molecule has 92 valence electrons. The molecule has 0 radical (unpaired) electrons. The van der Waals surface area contributed by atoms with Crippen LogP contribution in [-0.4, -0.2) is 65.9 Å². The number of carboxylic acids is 1. The summed E-state index contributed by atoms with van der Waals surface area (Å²) >= 11 is 0. The molecule has 1 aliphatic rings. The Morgan fingerprint density at radius 3 is 2.82 bits per heavy atom. The number of aliphatic hydroxyl groups is 1.